The first-order valence-corrected chi connectivity index (χ1v) is 7.97. The van der Waals surface area contributed by atoms with Crippen LogP contribution in [-0.4, -0.2) is 9.97 Å². The van der Waals surface area contributed by atoms with Gasteiger partial charge in [-0.05, 0) is 32.9 Å². The number of nitrogens with zero attached hydrogens (tertiary/aromatic N) is 2. The van der Waals surface area contributed by atoms with Crippen LogP contribution in [0.25, 0.3) is 10.9 Å². The second-order valence-corrected chi connectivity index (χ2v) is 6.52. The molecule has 108 valence electrons. The van der Waals surface area contributed by atoms with Crippen molar-refractivity contribution in [1.29, 1.82) is 0 Å². The highest BCUT2D eigenvalue weighted by molar-refractivity contribution is 7.11. The molecule has 0 amide bonds. The number of thiazole rings is 1. The molecule has 1 atom stereocenters. The van der Waals surface area contributed by atoms with E-state index in [0.29, 0.717) is 6.04 Å². The zero-order valence-corrected chi connectivity index (χ0v) is 13.4. The molecule has 21 heavy (non-hydrogen) atoms. The van der Waals surface area contributed by atoms with Crippen molar-refractivity contribution in [3.05, 3.63) is 57.7 Å². The minimum Gasteiger partial charge on any atom is -0.304 e. The molecular weight excluding hydrogens is 278 g/mol. The third kappa shape index (κ3) is 3.12. The van der Waals surface area contributed by atoms with Gasteiger partial charge in [0.15, 0.2) is 0 Å². The fourth-order valence-corrected chi connectivity index (χ4v) is 3.46. The lowest BCUT2D eigenvalue weighted by Gasteiger charge is -2.12. The summed E-state index contributed by atoms with van der Waals surface area (Å²) in [6.07, 6.45) is 0. The normalized spacial score (nSPS) is 12.7. The summed E-state index contributed by atoms with van der Waals surface area (Å²) in [4.78, 5) is 10.5. The number of nitrogens with one attached hydrogen (secondary N) is 1. The monoisotopic (exact) mass is 297 g/mol. The predicted octanol–water partition coefficient (Wildman–Crippen LogP) is 4.16. The molecule has 0 spiro atoms. The molecule has 0 bridgehead atoms. The molecule has 1 aromatic carbocycles. The Kier molecular flexibility index (Phi) is 3.99. The minimum absolute atomic E-state index is 0.296. The van der Waals surface area contributed by atoms with Crippen LogP contribution in [0.1, 0.15) is 34.2 Å². The van der Waals surface area contributed by atoms with Crippen molar-refractivity contribution in [3.63, 3.8) is 0 Å². The summed E-state index contributed by atoms with van der Waals surface area (Å²) in [6.45, 7) is 7.08. The average Bonchev–Trinajstić information content (AvgIpc) is 2.83. The van der Waals surface area contributed by atoms with E-state index >= 15 is 0 Å². The Morgan fingerprint density at radius 3 is 2.67 bits per heavy atom. The van der Waals surface area contributed by atoms with Gasteiger partial charge in [0.05, 0.1) is 21.9 Å². The van der Waals surface area contributed by atoms with Gasteiger partial charge in [0.25, 0.3) is 0 Å². The number of rotatable bonds is 4. The van der Waals surface area contributed by atoms with Gasteiger partial charge in [-0.1, -0.05) is 24.3 Å². The van der Waals surface area contributed by atoms with Gasteiger partial charge < -0.3 is 5.32 Å². The summed E-state index contributed by atoms with van der Waals surface area (Å²) < 4.78 is 0. The Morgan fingerprint density at radius 2 is 1.90 bits per heavy atom. The average molecular weight is 297 g/mol. The highest BCUT2D eigenvalue weighted by Crippen LogP contribution is 2.24. The molecule has 0 aliphatic carbocycles. The molecule has 4 heteroatoms. The Balaban J connectivity index is 1.72. The topological polar surface area (TPSA) is 37.8 Å². The molecule has 3 aromatic rings. The third-order valence-electron chi connectivity index (χ3n) is 3.58. The van der Waals surface area contributed by atoms with Gasteiger partial charge in [-0.3, -0.25) is 4.98 Å². The van der Waals surface area contributed by atoms with Crippen molar-refractivity contribution in [3.8, 4) is 0 Å². The van der Waals surface area contributed by atoms with E-state index in [0.717, 1.165) is 28.5 Å². The smallest absolute Gasteiger partial charge is 0.0900 e. The molecule has 0 saturated heterocycles. The van der Waals surface area contributed by atoms with Gasteiger partial charge in [0.2, 0.25) is 0 Å². The Bertz CT molecular complexity index is 764. The van der Waals surface area contributed by atoms with Crippen LogP contribution < -0.4 is 5.32 Å². The molecule has 0 aliphatic rings. The molecule has 2 heterocycles. The second-order valence-electron chi connectivity index (χ2n) is 5.28. The summed E-state index contributed by atoms with van der Waals surface area (Å²) >= 11 is 1.77. The molecule has 0 radical (unpaired) electrons. The van der Waals surface area contributed by atoms with Crippen LogP contribution in [0, 0.1) is 13.8 Å². The largest absolute Gasteiger partial charge is 0.304 e. The number of aromatic nitrogens is 2. The van der Waals surface area contributed by atoms with Crippen LogP contribution in [0.2, 0.25) is 0 Å². The number of fused-ring (bicyclic) bond motifs is 1. The lowest BCUT2D eigenvalue weighted by Crippen LogP contribution is -2.18. The van der Waals surface area contributed by atoms with E-state index in [4.69, 9.17) is 4.98 Å². The maximum atomic E-state index is 4.69. The van der Waals surface area contributed by atoms with Crippen LogP contribution in [0.5, 0.6) is 0 Å². The highest BCUT2D eigenvalue weighted by Gasteiger charge is 2.12. The number of hydrogen-bond donors (Lipinski definition) is 1. The molecule has 0 aliphatic heterocycles. The van der Waals surface area contributed by atoms with Crippen molar-refractivity contribution in [2.45, 2.75) is 33.4 Å². The van der Waals surface area contributed by atoms with Crippen molar-refractivity contribution in [1.82, 2.24) is 15.3 Å². The van der Waals surface area contributed by atoms with Gasteiger partial charge in [-0.2, -0.15) is 0 Å². The third-order valence-corrected chi connectivity index (χ3v) is 4.83. The van der Waals surface area contributed by atoms with Crippen molar-refractivity contribution < 1.29 is 0 Å². The Morgan fingerprint density at radius 1 is 1.10 bits per heavy atom. The molecule has 1 unspecified atom stereocenters. The standard InChI is InChI=1S/C17H19N3S/c1-11(17-12(2)19-13(3)21-17)18-10-15-9-8-14-6-4-5-7-16(14)20-15/h4-9,11,18H,10H2,1-3H3. The van der Waals surface area contributed by atoms with E-state index in [1.54, 1.807) is 11.3 Å². The summed E-state index contributed by atoms with van der Waals surface area (Å²) in [5.41, 5.74) is 3.25. The van der Waals surface area contributed by atoms with E-state index in [1.807, 2.05) is 12.1 Å². The molecule has 0 fully saturated rings. The molecule has 3 rings (SSSR count). The van der Waals surface area contributed by atoms with Gasteiger partial charge in [0, 0.05) is 22.8 Å². The summed E-state index contributed by atoms with van der Waals surface area (Å²) in [7, 11) is 0. The molecule has 2 aromatic heterocycles. The Labute approximate surface area is 129 Å². The summed E-state index contributed by atoms with van der Waals surface area (Å²) in [5, 5.41) is 5.85. The zero-order chi connectivity index (χ0) is 14.8. The van der Waals surface area contributed by atoms with Crippen molar-refractivity contribution in [2.75, 3.05) is 0 Å². The van der Waals surface area contributed by atoms with Crippen LogP contribution in [0.3, 0.4) is 0 Å². The fourth-order valence-electron chi connectivity index (χ4n) is 2.51. The van der Waals surface area contributed by atoms with Crippen LogP contribution >= 0.6 is 11.3 Å². The zero-order valence-electron chi connectivity index (χ0n) is 12.6. The quantitative estimate of drug-likeness (QED) is 0.786. The number of aryl methyl sites for hydroxylation is 2. The maximum absolute atomic E-state index is 4.69. The van der Waals surface area contributed by atoms with Crippen LogP contribution in [-0.2, 0) is 6.54 Å². The van der Waals surface area contributed by atoms with E-state index in [2.05, 4.69) is 55.3 Å². The SMILES string of the molecule is Cc1nc(C)c(C(C)NCc2ccc3ccccc3n2)s1. The van der Waals surface area contributed by atoms with Crippen LogP contribution in [0.4, 0.5) is 0 Å². The first-order valence-electron chi connectivity index (χ1n) is 7.15. The lowest BCUT2D eigenvalue weighted by atomic mass is 10.2. The summed E-state index contributed by atoms with van der Waals surface area (Å²) in [6, 6.07) is 12.7. The maximum Gasteiger partial charge on any atom is 0.0900 e. The number of para-hydroxylation sites is 1. The van der Waals surface area contributed by atoms with E-state index in [1.165, 1.54) is 10.3 Å². The Hall–Kier alpha value is -1.78. The first kappa shape index (κ1) is 14.2. The first-order chi connectivity index (χ1) is 10.1. The van der Waals surface area contributed by atoms with Gasteiger partial charge >= 0.3 is 0 Å². The number of pyridine rings is 1. The lowest BCUT2D eigenvalue weighted by molar-refractivity contribution is 0.573. The van der Waals surface area contributed by atoms with Gasteiger partial charge in [0.1, 0.15) is 0 Å². The highest BCUT2D eigenvalue weighted by atomic mass is 32.1. The van der Waals surface area contributed by atoms with Crippen molar-refractivity contribution in [2.24, 2.45) is 0 Å². The number of benzene rings is 1. The van der Waals surface area contributed by atoms with Crippen LogP contribution in [0.15, 0.2) is 36.4 Å². The minimum atomic E-state index is 0.296. The van der Waals surface area contributed by atoms with E-state index in [-0.39, 0.29) is 0 Å². The fraction of sp³-hybridized carbons (Fsp3) is 0.294. The molecule has 1 N–H and O–H groups in total. The van der Waals surface area contributed by atoms with E-state index in [9.17, 15) is 0 Å². The second kappa shape index (κ2) is 5.92. The molecule has 3 nitrogen and oxygen atoms in total. The summed E-state index contributed by atoms with van der Waals surface area (Å²) in [5.74, 6) is 0. The van der Waals surface area contributed by atoms with Gasteiger partial charge in [-0.25, -0.2) is 4.98 Å². The van der Waals surface area contributed by atoms with Crippen molar-refractivity contribution >= 4 is 22.2 Å². The predicted molar refractivity (Wildman–Crippen MR) is 88.6 cm³/mol. The molecule has 0 saturated carbocycles. The van der Waals surface area contributed by atoms with Gasteiger partial charge in [-0.15, -0.1) is 11.3 Å². The molecular formula is C17H19N3S. The van der Waals surface area contributed by atoms with E-state index < -0.39 is 0 Å². The number of hydrogen-bond acceptors (Lipinski definition) is 4.